The molecule has 4 rings (SSSR count). The van der Waals surface area contributed by atoms with Crippen molar-refractivity contribution < 1.29 is 18.8 Å². The molecule has 2 aromatic rings. The lowest BCUT2D eigenvalue weighted by Crippen LogP contribution is -2.47. The summed E-state index contributed by atoms with van der Waals surface area (Å²) in [5.41, 5.74) is 1.74. The molecule has 2 fully saturated rings. The molecule has 232 valence electrons. The highest BCUT2D eigenvalue weighted by atomic mass is 16.7. The van der Waals surface area contributed by atoms with Crippen LogP contribution in [0.4, 0.5) is 10.7 Å². The predicted molar refractivity (Wildman–Crippen MR) is 173 cm³/mol. The van der Waals surface area contributed by atoms with E-state index < -0.39 is 23.9 Å². The Labute approximate surface area is 250 Å². The quantitative estimate of drug-likeness (QED) is 0.383. The van der Waals surface area contributed by atoms with Crippen LogP contribution in [0.2, 0.25) is 0 Å². The maximum Gasteiger partial charge on any atom is 0.494 e. The number of aryl methyl sites for hydroxylation is 1. The number of anilines is 1. The Morgan fingerprint density at radius 2 is 1.66 bits per heavy atom. The van der Waals surface area contributed by atoms with Crippen LogP contribution in [-0.2, 0) is 20.5 Å². The van der Waals surface area contributed by atoms with Crippen molar-refractivity contribution >= 4 is 35.5 Å². The zero-order valence-electron chi connectivity index (χ0n) is 28.4. The molecule has 1 amide bonds. The van der Waals surface area contributed by atoms with Crippen LogP contribution in [0.1, 0.15) is 115 Å². The van der Waals surface area contributed by atoms with E-state index in [4.69, 9.17) is 19.0 Å². The molecule has 2 aliphatic heterocycles. The van der Waals surface area contributed by atoms with Crippen molar-refractivity contribution in [1.82, 2.24) is 14.9 Å². The van der Waals surface area contributed by atoms with Gasteiger partial charge in [0.05, 0.1) is 16.7 Å². The summed E-state index contributed by atoms with van der Waals surface area (Å²) in [7, 11) is -0.423. The predicted octanol–water partition coefficient (Wildman–Crippen LogP) is 7.38. The number of ether oxygens (including phenoxy) is 1. The van der Waals surface area contributed by atoms with Gasteiger partial charge in [0.15, 0.2) is 0 Å². The smallest absolute Gasteiger partial charge is 0.444 e. The maximum atomic E-state index is 12.5. The first-order chi connectivity index (χ1) is 19.3. The van der Waals surface area contributed by atoms with Gasteiger partial charge in [-0.15, -0.1) is 0 Å². The Balaban J connectivity index is 0.00000131. The normalized spacial score (nSPS) is 19.1. The minimum Gasteiger partial charge on any atom is -0.444 e. The van der Waals surface area contributed by atoms with Crippen molar-refractivity contribution in [3.05, 3.63) is 23.9 Å². The maximum absolute atomic E-state index is 12.5. The van der Waals surface area contributed by atoms with Gasteiger partial charge in [-0.2, -0.15) is 0 Å². The molecule has 0 aliphatic carbocycles. The molecule has 1 N–H and O–H groups in total. The molecule has 0 spiro atoms. The van der Waals surface area contributed by atoms with Crippen LogP contribution >= 0.6 is 0 Å². The number of fused-ring (bicyclic) bond motifs is 1. The van der Waals surface area contributed by atoms with E-state index in [2.05, 4.69) is 57.1 Å². The second-order valence-corrected chi connectivity index (χ2v) is 11.7. The molecular formula is C32H57BN4O4. The fraction of sp³-hybridized carbons (Fsp3) is 0.719. The molecule has 3 heterocycles. The Kier molecular flexibility index (Phi) is 14.1. The van der Waals surface area contributed by atoms with E-state index >= 15 is 0 Å². The molecule has 0 radical (unpaired) electrons. The number of carbonyl (C=O) groups excluding carboxylic acids is 1. The van der Waals surface area contributed by atoms with Crippen molar-refractivity contribution in [2.24, 2.45) is 0 Å². The lowest BCUT2D eigenvalue weighted by molar-refractivity contribution is 0.00578. The number of piperidine rings is 1. The van der Waals surface area contributed by atoms with Gasteiger partial charge in [-0.3, -0.25) is 0 Å². The number of likely N-dealkylation sites (tertiary alicyclic amines) is 1. The van der Waals surface area contributed by atoms with Crippen LogP contribution in [-0.4, -0.2) is 64.0 Å². The van der Waals surface area contributed by atoms with Gasteiger partial charge < -0.3 is 24.3 Å². The van der Waals surface area contributed by atoms with Gasteiger partial charge in [0.25, 0.3) is 0 Å². The largest absolute Gasteiger partial charge is 0.494 e. The van der Waals surface area contributed by atoms with Crippen molar-refractivity contribution in [2.45, 2.75) is 139 Å². The lowest BCUT2D eigenvalue weighted by atomic mass is 9.77. The number of carbonyl (C=O) groups is 1. The van der Waals surface area contributed by atoms with Gasteiger partial charge in [0, 0.05) is 30.7 Å². The third-order valence-corrected chi connectivity index (χ3v) is 7.10. The second kappa shape index (κ2) is 15.7. The fourth-order valence-electron chi connectivity index (χ4n) is 4.47. The molecule has 2 aliphatic rings. The highest BCUT2D eigenvalue weighted by molar-refractivity contribution is 6.62. The molecule has 0 saturated carbocycles. The zero-order chi connectivity index (χ0) is 31.6. The lowest BCUT2D eigenvalue weighted by Gasteiger charge is -2.34. The summed E-state index contributed by atoms with van der Waals surface area (Å²) in [5, 5.41) is 4.40. The second-order valence-electron chi connectivity index (χ2n) is 11.7. The monoisotopic (exact) mass is 572 g/mol. The molecule has 1 atom stereocenters. The van der Waals surface area contributed by atoms with Crippen LogP contribution in [0.25, 0.3) is 10.9 Å². The van der Waals surface area contributed by atoms with Crippen LogP contribution in [0.3, 0.4) is 0 Å². The minimum absolute atomic E-state index is 0.0721. The summed E-state index contributed by atoms with van der Waals surface area (Å²) in [6.07, 6.45) is 4.26. The fourth-order valence-corrected chi connectivity index (χ4v) is 4.47. The Bertz CT molecular complexity index is 1090. The van der Waals surface area contributed by atoms with E-state index in [0.717, 1.165) is 41.2 Å². The first-order valence-electron chi connectivity index (χ1n) is 15.7. The van der Waals surface area contributed by atoms with E-state index in [-0.39, 0.29) is 12.1 Å². The van der Waals surface area contributed by atoms with Gasteiger partial charge in [-0.25, -0.2) is 14.8 Å². The van der Waals surface area contributed by atoms with Crippen LogP contribution in [0.5, 0.6) is 0 Å². The molecule has 1 unspecified atom stereocenters. The highest BCUT2D eigenvalue weighted by Gasteiger charge is 2.51. The molecular weight excluding hydrogens is 515 g/mol. The van der Waals surface area contributed by atoms with Gasteiger partial charge in [-0.05, 0) is 78.8 Å². The Morgan fingerprint density at radius 1 is 1.07 bits per heavy atom. The number of nitrogens with zero attached hydrogens (tertiary/aromatic N) is 3. The summed E-state index contributed by atoms with van der Waals surface area (Å²) in [4.78, 5) is 23.7. The third kappa shape index (κ3) is 9.57. The first kappa shape index (κ1) is 36.6. The SMILES string of the molecule is CC.CC.CC.CCc1cc(B2OC(C)(C)C(C)(C)O2)cc2cnc(NC3CCCN(C(=O)OC(C)(C)C)C3)nc12. The zero-order valence-corrected chi connectivity index (χ0v) is 28.4. The number of aromatic nitrogens is 2. The van der Waals surface area contributed by atoms with Crippen molar-refractivity contribution in [3.8, 4) is 0 Å². The van der Waals surface area contributed by atoms with Gasteiger partial charge >= 0.3 is 13.2 Å². The average molecular weight is 573 g/mol. The van der Waals surface area contributed by atoms with E-state index in [1.165, 1.54) is 0 Å². The standard InChI is InChI=1S/C26H39BN4O4.3C2H6/c1-9-17-13-19(27-34-25(5,6)26(7,8)35-27)14-18-15-28-22(30-21(17)18)29-20-11-10-12-31(16-20)23(32)33-24(2,3)4;3*1-2/h13-15,20H,9-12,16H2,1-8H3,(H,28,29,30);3*1-2H3. The van der Waals surface area contributed by atoms with E-state index in [9.17, 15) is 4.79 Å². The summed E-state index contributed by atoms with van der Waals surface area (Å²) in [6.45, 7) is 29.3. The summed E-state index contributed by atoms with van der Waals surface area (Å²) in [6, 6.07) is 4.26. The highest BCUT2D eigenvalue weighted by Crippen LogP contribution is 2.36. The van der Waals surface area contributed by atoms with Crippen molar-refractivity contribution in [1.29, 1.82) is 0 Å². The number of hydrogen-bond donors (Lipinski definition) is 1. The molecule has 8 nitrogen and oxygen atoms in total. The number of rotatable bonds is 4. The molecule has 0 bridgehead atoms. The van der Waals surface area contributed by atoms with Gasteiger partial charge in [0.1, 0.15) is 5.60 Å². The topological polar surface area (TPSA) is 85.8 Å². The Hall–Kier alpha value is -2.39. The minimum atomic E-state index is -0.506. The molecule has 9 heteroatoms. The number of benzene rings is 1. The van der Waals surface area contributed by atoms with E-state index in [1.807, 2.05) is 68.5 Å². The number of nitrogens with one attached hydrogen (secondary N) is 1. The van der Waals surface area contributed by atoms with Crippen molar-refractivity contribution in [3.63, 3.8) is 0 Å². The summed E-state index contributed by atoms with van der Waals surface area (Å²) < 4.78 is 18.1. The van der Waals surface area contributed by atoms with E-state index in [1.54, 1.807) is 4.90 Å². The molecule has 1 aromatic heterocycles. The number of amides is 1. The van der Waals surface area contributed by atoms with Crippen LogP contribution in [0, 0.1) is 0 Å². The van der Waals surface area contributed by atoms with Crippen molar-refractivity contribution in [2.75, 3.05) is 18.4 Å². The van der Waals surface area contributed by atoms with Crippen LogP contribution < -0.4 is 10.8 Å². The van der Waals surface area contributed by atoms with Crippen LogP contribution in [0.15, 0.2) is 18.3 Å². The third-order valence-electron chi connectivity index (χ3n) is 7.10. The summed E-state index contributed by atoms with van der Waals surface area (Å²) in [5.74, 6) is 0.576. The summed E-state index contributed by atoms with van der Waals surface area (Å²) >= 11 is 0. The average Bonchev–Trinajstić information content (AvgIpc) is 3.17. The Morgan fingerprint density at radius 3 is 2.20 bits per heavy atom. The van der Waals surface area contributed by atoms with E-state index in [0.29, 0.717) is 19.0 Å². The molecule has 41 heavy (non-hydrogen) atoms. The van der Waals surface area contributed by atoms with Gasteiger partial charge in [-0.1, -0.05) is 60.6 Å². The molecule has 1 aromatic carbocycles. The molecule has 2 saturated heterocycles. The number of hydrogen-bond acceptors (Lipinski definition) is 7. The van der Waals surface area contributed by atoms with Gasteiger partial charge in [0.2, 0.25) is 5.95 Å². The first-order valence-corrected chi connectivity index (χ1v) is 15.7.